The van der Waals surface area contributed by atoms with Crippen molar-refractivity contribution in [3.8, 4) is 0 Å². The fourth-order valence-electron chi connectivity index (χ4n) is 1.65. The molecule has 2 amide bonds. The van der Waals surface area contributed by atoms with Crippen LogP contribution in [0.5, 0.6) is 0 Å². The topological polar surface area (TPSA) is 49.4 Å². The highest BCUT2D eigenvalue weighted by Gasteiger charge is 2.14. The van der Waals surface area contributed by atoms with Gasteiger partial charge in [0.15, 0.2) is 0 Å². The number of nitrogens with one attached hydrogen (secondary N) is 1. The molecule has 0 aliphatic carbocycles. The maximum absolute atomic E-state index is 12.0. The van der Waals surface area contributed by atoms with Crippen molar-refractivity contribution in [1.29, 1.82) is 0 Å². The summed E-state index contributed by atoms with van der Waals surface area (Å²) in [6, 6.07) is 2.03. The van der Waals surface area contributed by atoms with Crippen molar-refractivity contribution in [3.05, 3.63) is 22.4 Å². The van der Waals surface area contributed by atoms with Gasteiger partial charge in [0.25, 0.3) is 0 Å². The lowest BCUT2D eigenvalue weighted by Crippen LogP contribution is -2.40. The normalized spacial score (nSPS) is 10.1. The van der Waals surface area contributed by atoms with Crippen molar-refractivity contribution in [3.63, 3.8) is 0 Å². The molecule has 0 fully saturated rings. The molecule has 100 valence electrons. The van der Waals surface area contributed by atoms with Crippen LogP contribution < -0.4 is 5.32 Å². The molecule has 0 spiro atoms. The van der Waals surface area contributed by atoms with Gasteiger partial charge < -0.3 is 10.2 Å². The largest absolute Gasteiger partial charge is 0.355 e. The van der Waals surface area contributed by atoms with E-state index < -0.39 is 0 Å². The van der Waals surface area contributed by atoms with Gasteiger partial charge in [0.05, 0.1) is 6.54 Å². The molecule has 1 aromatic heterocycles. The SMILES string of the molecule is CCNC(=O)CN(CC)C(=O)CCc1ccsc1. The van der Waals surface area contributed by atoms with E-state index in [9.17, 15) is 9.59 Å². The molecule has 0 aliphatic heterocycles. The highest BCUT2D eigenvalue weighted by Crippen LogP contribution is 2.09. The first kappa shape index (κ1) is 14.7. The van der Waals surface area contributed by atoms with Crippen LogP contribution in [0.1, 0.15) is 25.8 Å². The molecular weight excluding hydrogens is 248 g/mol. The average Bonchev–Trinajstić information content (AvgIpc) is 2.86. The summed E-state index contributed by atoms with van der Waals surface area (Å²) < 4.78 is 0. The molecular formula is C13H20N2O2S. The molecule has 18 heavy (non-hydrogen) atoms. The second-order valence-corrected chi connectivity index (χ2v) is 4.77. The van der Waals surface area contributed by atoms with Crippen molar-refractivity contribution in [2.24, 2.45) is 0 Å². The lowest BCUT2D eigenvalue weighted by molar-refractivity contribution is -0.135. The van der Waals surface area contributed by atoms with Crippen LogP contribution in [0.15, 0.2) is 16.8 Å². The van der Waals surface area contributed by atoms with Crippen LogP contribution in [0.2, 0.25) is 0 Å². The van der Waals surface area contributed by atoms with Gasteiger partial charge in [-0.15, -0.1) is 0 Å². The zero-order chi connectivity index (χ0) is 13.4. The van der Waals surface area contributed by atoms with Crippen LogP contribution in [-0.4, -0.2) is 36.3 Å². The Morgan fingerprint density at radius 1 is 1.39 bits per heavy atom. The lowest BCUT2D eigenvalue weighted by Gasteiger charge is -2.20. The van der Waals surface area contributed by atoms with E-state index >= 15 is 0 Å². The molecule has 1 heterocycles. The maximum atomic E-state index is 12.0. The van der Waals surface area contributed by atoms with Crippen LogP contribution in [0, 0.1) is 0 Å². The molecule has 1 N–H and O–H groups in total. The fourth-order valence-corrected chi connectivity index (χ4v) is 2.35. The lowest BCUT2D eigenvalue weighted by atomic mass is 10.2. The summed E-state index contributed by atoms with van der Waals surface area (Å²) in [5.74, 6) is -0.0572. The second kappa shape index (κ2) is 7.87. The van der Waals surface area contributed by atoms with Crippen LogP contribution in [-0.2, 0) is 16.0 Å². The van der Waals surface area contributed by atoms with Crippen LogP contribution in [0.4, 0.5) is 0 Å². The van der Waals surface area contributed by atoms with E-state index in [4.69, 9.17) is 0 Å². The summed E-state index contributed by atoms with van der Waals surface area (Å²) in [6.07, 6.45) is 1.21. The van der Waals surface area contributed by atoms with Gasteiger partial charge in [-0.1, -0.05) is 0 Å². The third-order valence-electron chi connectivity index (χ3n) is 2.65. The Labute approximate surface area is 112 Å². The number of carbonyl (C=O) groups is 2. The molecule has 0 saturated heterocycles. The number of aryl methyl sites for hydroxylation is 1. The minimum absolute atomic E-state index is 0.0370. The quantitative estimate of drug-likeness (QED) is 0.817. The number of thiophene rings is 1. The van der Waals surface area contributed by atoms with Crippen LogP contribution in [0.25, 0.3) is 0 Å². The first-order chi connectivity index (χ1) is 8.67. The smallest absolute Gasteiger partial charge is 0.239 e. The van der Waals surface area contributed by atoms with Crippen molar-refractivity contribution < 1.29 is 9.59 Å². The van der Waals surface area contributed by atoms with Gasteiger partial charge in [0.2, 0.25) is 11.8 Å². The number of hydrogen-bond donors (Lipinski definition) is 1. The third kappa shape index (κ3) is 4.87. The Morgan fingerprint density at radius 3 is 2.72 bits per heavy atom. The van der Waals surface area contributed by atoms with Crippen LogP contribution >= 0.6 is 11.3 Å². The number of carbonyl (C=O) groups excluding carboxylic acids is 2. The van der Waals surface area contributed by atoms with E-state index in [0.717, 1.165) is 6.42 Å². The van der Waals surface area contributed by atoms with E-state index in [1.807, 2.05) is 30.7 Å². The van der Waals surface area contributed by atoms with Gasteiger partial charge in [-0.3, -0.25) is 9.59 Å². The molecule has 0 saturated carbocycles. The molecule has 0 aliphatic rings. The Bertz CT molecular complexity index is 376. The van der Waals surface area contributed by atoms with Crippen molar-refractivity contribution in [2.45, 2.75) is 26.7 Å². The Kier molecular flexibility index (Phi) is 6.43. The average molecular weight is 268 g/mol. The summed E-state index contributed by atoms with van der Waals surface area (Å²) in [4.78, 5) is 25.0. The molecule has 0 radical (unpaired) electrons. The van der Waals surface area contributed by atoms with Gasteiger partial charge >= 0.3 is 0 Å². The first-order valence-electron chi connectivity index (χ1n) is 6.22. The zero-order valence-electron chi connectivity index (χ0n) is 10.9. The molecule has 0 unspecified atom stereocenters. The number of amides is 2. The third-order valence-corrected chi connectivity index (χ3v) is 3.38. The van der Waals surface area contributed by atoms with Gasteiger partial charge in [0, 0.05) is 19.5 Å². The summed E-state index contributed by atoms with van der Waals surface area (Å²) >= 11 is 1.63. The second-order valence-electron chi connectivity index (χ2n) is 3.99. The van der Waals surface area contributed by atoms with Crippen molar-refractivity contribution in [2.75, 3.05) is 19.6 Å². The molecule has 5 heteroatoms. The zero-order valence-corrected chi connectivity index (χ0v) is 11.8. The highest BCUT2D eigenvalue weighted by atomic mass is 32.1. The fraction of sp³-hybridized carbons (Fsp3) is 0.538. The Morgan fingerprint density at radius 2 is 2.17 bits per heavy atom. The van der Waals surface area contributed by atoms with Gasteiger partial charge in [-0.2, -0.15) is 11.3 Å². The van der Waals surface area contributed by atoms with Crippen molar-refractivity contribution in [1.82, 2.24) is 10.2 Å². The highest BCUT2D eigenvalue weighted by molar-refractivity contribution is 7.07. The monoisotopic (exact) mass is 268 g/mol. The van der Waals surface area contributed by atoms with Crippen LogP contribution in [0.3, 0.4) is 0 Å². The Hall–Kier alpha value is -1.36. The van der Waals surface area contributed by atoms with E-state index in [1.165, 1.54) is 5.56 Å². The van der Waals surface area contributed by atoms with Gasteiger partial charge in [-0.25, -0.2) is 0 Å². The number of likely N-dealkylation sites (N-methyl/N-ethyl adjacent to an activating group) is 2. The molecule has 4 nitrogen and oxygen atoms in total. The molecule has 1 rings (SSSR count). The van der Waals surface area contributed by atoms with Gasteiger partial charge in [-0.05, 0) is 42.7 Å². The predicted octanol–water partition coefficient (Wildman–Crippen LogP) is 1.67. The molecule has 0 aromatic carbocycles. The number of hydrogen-bond acceptors (Lipinski definition) is 3. The number of nitrogens with zero attached hydrogens (tertiary/aromatic N) is 1. The minimum Gasteiger partial charge on any atom is -0.355 e. The summed E-state index contributed by atoms with van der Waals surface area (Å²) in [5.41, 5.74) is 1.18. The predicted molar refractivity (Wildman–Crippen MR) is 73.6 cm³/mol. The summed E-state index contributed by atoms with van der Waals surface area (Å²) in [5, 5.41) is 6.76. The maximum Gasteiger partial charge on any atom is 0.239 e. The molecule has 0 atom stereocenters. The van der Waals surface area contributed by atoms with E-state index in [-0.39, 0.29) is 18.4 Å². The minimum atomic E-state index is -0.0942. The van der Waals surface area contributed by atoms with Crippen molar-refractivity contribution >= 4 is 23.2 Å². The molecule has 0 bridgehead atoms. The summed E-state index contributed by atoms with van der Waals surface area (Å²) in [7, 11) is 0. The van der Waals surface area contributed by atoms with E-state index in [0.29, 0.717) is 19.5 Å². The summed E-state index contributed by atoms with van der Waals surface area (Å²) in [6.45, 7) is 5.08. The standard InChI is InChI=1S/C13H20N2O2S/c1-3-14-12(16)9-15(4-2)13(17)6-5-11-7-8-18-10-11/h7-8,10H,3-6,9H2,1-2H3,(H,14,16). The van der Waals surface area contributed by atoms with E-state index in [1.54, 1.807) is 16.2 Å². The molecule has 1 aromatic rings. The first-order valence-corrected chi connectivity index (χ1v) is 7.17. The Balaban J connectivity index is 2.39. The van der Waals surface area contributed by atoms with E-state index in [2.05, 4.69) is 5.32 Å². The van der Waals surface area contributed by atoms with Gasteiger partial charge in [0.1, 0.15) is 0 Å². The number of rotatable bonds is 7.